The molecule has 0 radical (unpaired) electrons. The second-order valence-corrected chi connectivity index (χ2v) is 3.33. The van der Waals surface area contributed by atoms with Gasteiger partial charge in [0.2, 0.25) is 0 Å². The molecule has 2 N–H and O–H groups in total. The van der Waals surface area contributed by atoms with Crippen molar-refractivity contribution < 1.29 is 19.4 Å². The van der Waals surface area contributed by atoms with E-state index >= 15 is 0 Å². The Morgan fingerprint density at radius 3 is 2.69 bits per heavy atom. The van der Waals surface area contributed by atoms with Gasteiger partial charge in [0, 0.05) is 17.8 Å². The summed E-state index contributed by atoms with van der Waals surface area (Å²) in [5, 5.41) is 9.47. The third-order valence-corrected chi connectivity index (χ3v) is 2.08. The maximum absolute atomic E-state index is 10.7. The maximum atomic E-state index is 10.7. The Morgan fingerprint density at radius 2 is 2.06 bits per heavy atom. The molecule has 0 saturated carbocycles. The maximum Gasteiger partial charge on any atom is 0.352 e. The largest absolute Gasteiger partial charge is 0.477 e. The van der Waals surface area contributed by atoms with E-state index in [1.54, 1.807) is 18.2 Å². The monoisotopic (exact) mass is 219 g/mol. The molecule has 2 aromatic rings. The quantitative estimate of drug-likeness (QED) is 0.596. The van der Waals surface area contributed by atoms with Gasteiger partial charge in [-0.15, -0.1) is 0 Å². The molecule has 0 atom stereocenters. The number of aromatic nitrogens is 1. The van der Waals surface area contributed by atoms with Crippen LogP contribution in [0.5, 0.6) is 5.75 Å². The third-order valence-electron chi connectivity index (χ3n) is 2.08. The highest BCUT2D eigenvalue weighted by Crippen LogP contribution is 2.21. The van der Waals surface area contributed by atoms with Crippen molar-refractivity contribution >= 4 is 22.8 Å². The molecular formula is C11H9NO4. The van der Waals surface area contributed by atoms with Crippen LogP contribution in [0.4, 0.5) is 0 Å². The Balaban J connectivity index is 2.45. The van der Waals surface area contributed by atoms with E-state index in [9.17, 15) is 9.59 Å². The number of carbonyl (C=O) groups is 2. The zero-order chi connectivity index (χ0) is 11.7. The van der Waals surface area contributed by atoms with Gasteiger partial charge in [0.25, 0.3) is 0 Å². The van der Waals surface area contributed by atoms with Gasteiger partial charge >= 0.3 is 11.9 Å². The predicted octanol–water partition coefficient (Wildman–Crippen LogP) is 1.79. The van der Waals surface area contributed by atoms with Crippen molar-refractivity contribution in [2.45, 2.75) is 6.92 Å². The molecule has 5 nitrogen and oxygen atoms in total. The number of carboxylic acids is 1. The van der Waals surface area contributed by atoms with Crippen LogP contribution in [0, 0.1) is 0 Å². The van der Waals surface area contributed by atoms with Crippen LogP contribution in [0.3, 0.4) is 0 Å². The van der Waals surface area contributed by atoms with Crippen LogP contribution < -0.4 is 4.74 Å². The van der Waals surface area contributed by atoms with E-state index in [0.717, 1.165) is 0 Å². The number of carbonyl (C=O) groups excluding carboxylic acids is 1. The summed E-state index contributed by atoms with van der Waals surface area (Å²) in [7, 11) is 0. The number of aromatic amines is 1. The molecule has 0 aliphatic rings. The number of ether oxygens (including phenoxy) is 1. The van der Waals surface area contributed by atoms with Crippen molar-refractivity contribution in [3.05, 3.63) is 30.0 Å². The van der Waals surface area contributed by atoms with Crippen LogP contribution >= 0.6 is 0 Å². The summed E-state index contributed by atoms with van der Waals surface area (Å²) in [6, 6.07) is 6.37. The first-order chi connectivity index (χ1) is 7.56. The minimum atomic E-state index is -1.02. The minimum Gasteiger partial charge on any atom is -0.477 e. The van der Waals surface area contributed by atoms with Crippen LogP contribution in [-0.2, 0) is 4.79 Å². The Labute approximate surface area is 90.6 Å². The van der Waals surface area contributed by atoms with Gasteiger partial charge in [-0.05, 0) is 24.3 Å². The summed E-state index contributed by atoms with van der Waals surface area (Å²) in [5.74, 6) is -1.03. The molecule has 0 amide bonds. The van der Waals surface area contributed by atoms with Gasteiger partial charge in [0.15, 0.2) is 0 Å². The number of hydrogen-bond donors (Lipinski definition) is 2. The zero-order valence-electron chi connectivity index (χ0n) is 8.48. The number of esters is 1. The number of aromatic carboxylic acids is 1. The molecule has 16 heavy (non-hydrogen) atoms. The number of nitrogens with one attached hydrogen (secondary N) is 1. The fourth-order valence-corrected chi connectivity index (χ4v) is 1.46. The highest BCUT2D eigenvalue weighted by Gasteiger charge is 2.08. The highest BCUT2D eigenvalue weighted by atomic mass is 16.5. The van der Waals surface area contributed by atoms with E-state index in [1.165, 1.54) is 13.0 Å². The van der Waals surface area contributed by atoms with Crippen LogP contribution in [0.25, 0.3) is 10.9 Å². The fourth-order valence-electron chi connectivity index (χ4n) is 1.46. The first-order valence-corrected chi connectivity index (χ1v) is 4.61. The van der Waals surface area contributed by atoms with Crippen molar-refractivity contribution in [3.8, 4) is 5.75 Å². The lowest BCUT2D eigenvalue weighted by atomic mass is 10.2. The number of fused-ring (bicyclic) bond motifs is 1. The van der Waals surface area contributed by atoms with Gasteiger partial charge in [0.05, 0.1) is 0 Å². The van der Waals surface area contributed by atoms with Crippen molar-refractivity contribution in [1.29, 1.82) is 0 Å². The molecule has 0 bridgehead atoms. The normalized spacial score (nSPS) is 10.3. The van der Waals surface area contributed by atoms with E-state index in [1.807, 2.05) is 0 Å². The fraction of sp³-hybridized carbons (Fsp3) is 0.0909. The van der Waals surface area contributed by atoms with Crippen LogP contribution in [-0.4, -0.2) is 22.0 Å². The van der Waals surface area contributed by atoms with E-state index in [4.69, 9.17) is 9.84 Å². The van der Waals surface area contributed by atoms with Crippen molar-refractivity contribution in [3.63, 3.8) is 0 Å². The summed E-state index contributed by atoms with van der Waals surface area (Å²) in [4.78, 5) is 24.2. The molecule has 1 heterocycles. The number of benzene rings is 1. The lowest BCUT2D eigenvalue weighted by Crippen LogP contribution is -2.00. The van der Waals surface area contributed by atoms with Crippen molar-refractivity contribution in [1.82, 2.24) is 4.98 Å². The SMILES string of the molecule is CC(=O)Oc1ccc2[nH]c(C(=O)O)cc2c1. The van der Waals surface area contributed by atoms with E-state index in [0.29, 0.717) is 16.7 Å². The summed E-state index contributed by atoms with van der Waals surface area (Å²) in [6.45, 7) is 1.31. The van der Waals surface area contributed by atoms with E-state index in [2.05, 4.69) is 4.98 Å². The molecule has 0 saturated heterocycles. The second-order valence-electron chi connectivity index (χ2n) is 3.33. The smallest absolute Gasteiger partial charge is 0.352 e. The molecule has 1 aromatic heterocycles. The molecule has 0 aliphatic heterocycles. The lowest BCUT2D eigenvalue weighted by molar-refractivity contribution is -0.131. The molecule has 0 spiro atoms. The third kappa shape index (κ3) is 1.88. The molecule has 2 rings (SSSR count). The topological polar surface area (TPSA) is 79.4 Å². The Hall–Kier alpha value is -2.30. The van der Waals surface area contributed by atoms with Gasteiger partial charge in [-0.3, -0.25) is 4.79 Å². The molecule has 0 aliphatic carbocycles. The summed E-state index contributed by atoms with van der Waals surface area (Å²) in [5.41, 5.74) is 0.795. The highest BCUT2D eigenvalue weighted by molar-refractivity contribution is 5.94. The van der Waals surface area contributed by atoms with Crippen LogP contribution in [0.2, 0.25) is 0 Å². The Morgan fingerprint density at radius 1 is 1.31 bits per heavy atom. The zero-order valence-corrected chi connectivity index (χ0v) is 8.48. The first kappa shape index (κ1) is 10.2. The minimum absolute atomic E-state index is 0.106. The van der Waals surface area contributed by atoms with Gasteiger partial charge < -0.3 is 14.8 Å². The van der Waals surface area contributed by atoms with Gasteiger partial charge in [-0.25, -0.2) is 4.79 Å². The predicted molar refractivity (Wildman–Crippen MR) is 56.6 cm³/mol. The van der Waals surface area contributed by atoms with Gasteiger partial charge in [-0.2, -0.15) is 0 Å². The second kappa shape index (κ2) is 3.69. The molecule has 0 fully saturated rings. The van der Waals surface area contributed by atoms with E-state index < -0.39 is 11.9 Å². The average molecular weight is 219 g/mol. The number of hydrogen-bond acceptors (Lipinski definition) is 3. The molecular weight excluding hydrogens is 210 g/mol. The molecule has 1 aromatic carbocycles. The standard InChI is InChI=1S/C11H9NO4/c1-6(13)16-8-2-3-9-7(4-8)5-10(12-9)11(14)15/h2-5,12H,1H3,(H,14,15). The Bertz CT molecular complexity index is 570. The molecule has 82 valence electrons. The molecule has 5 heteroatoms. The first-order valence-electron chi connectivity index (χ1n) is 4.61. The summed E-state index contributed by atoms with van der Waals surface area (Å²) >= 11 is 0. The van der Waals surface area contributed by atoms with E-state index in [-0.39, 0.29) is 5.69 Å². The summed E-state index contributed by atoms with van der Waals surface area (Å²) in [6.07, 6.45) is 0. The average Bonchev–Trinajstić information content (AvgIpc) is 2.59. The number of rotatable bonds is 2. The van der Waals surface area contributed by atoms with Crippen LogP contribution in [0.15, 0.2) is 24.3 Å². The molecule has 0 unspecified atom stereocenters. The van der Waals surface area contributed by atoms with Crippen molar-refractivity contribution in [2.24, 2.45) is 0 Å². The lowest BCUT2D eigenvalue weighted by Gasteiger charge is -1.99. The number of carboxylic acid groups (broad SMARTS) is 1. The Kier molecular flexibility index (Phi) is 2.36. The van der Waals surface area contributed by atoms with Crippen LogP contribution in [0.1, 0.15) is 17.4 Å². The van der Waals surface area contributed by atoms with Crippen molar-refractivity contribution in [2.75, 3.05) is 0 Å². The van der Waals surface area contributed by atoms with Gasteiger partial charge in [-0.1, -0.05) is 0 Å². The van der Waals surface area contributed by atoms with Gasteiger partial charge in [0.1, 0.15) is 11.4 Å². The summed E-state index contributed by atoms with van der Waals surface area (Å²) < 4.78 is 4.89. The number of H-pyrrole nitrogens is 1.